The first-order valence-electron chi connectivity index (χ1n) is 6.54. The van der Waals surface area contributed by atoms with Crippen molar-refractivity contribution in [3.8, 4) is 0 Å². The van der Waals surface area contributed by atoms with Crippen molar-refractivity contribution >= 4 is 46.4 Å². The second-order valence-electron chi connectivity index (χ2n) is 4.62. The van der Waals surface area contributed by atoms with E-state index in [4.69, 9.17) is 34.8 Å². The van der Waals surface area contributed by atoms with Gasteiger partial charge >= 0.3 is 0 Å². The summed E-state index contributed by atoms with van der Waals surface area (Å²) in [7, 11) is 0. The topological polar surface area (TPSA) is 29.1 Å². The van der Waals surface area contributed by atoms with E-state index in [1.54, 1.807) is 18.2 Å². The van der Waals surface area contributed by atoms with Crippen LogP contribution in [0, 0.1) is 0 Å². The minimum absolute atomic E-state index is 0.0982. The van der Waals surface area contributed by atoms with Crippen LogP contribution in [0.25, 0.3) is 0 Å². The molecule has 0 saturated carbocycles. The van der Waals surface area contributed by atoms with Crippen LogP contribution in [0.5, 0.6) is 0 Å². The fourth-order valence-corrected chi connectivity index (χ4v) is 2.54. The fraction of sp³-hybridized carbons (Fsp3) is 0.188. The van der Waals surface area contributed by atoms with Crippen molar-refractivity contribution in [1.82, 2.24) is 0 Å². The molecule has 0 unspecified atom stereocenters. The largest absolute Gasteiger partial charge is 0.324 e. The van der Waals surface area contributed by atoms with Crippen LogP contribution in [0.1, 0.15) is 18.4 Å². The molecule has 0 bridgehead atoms. The monoisotopic (exact) mass is 341 g/mol. The Labute approximate surface area is 139 Å². The molecule has 110 valence electrons. The van der Waals surface area contributed by atoms with Crippen molar-refractivity contribution in [2.75, 3.05) is 5.32 Å². The number of nitrogens with one attached hydrogen (secondary N) is 1. The van der Waals surface area contributed by atoms with Crippen molar-refractivity contribution in [1.29, 1.82) is 0 Å². The third kappa shape index (κ3) is 4.92. The quantitative estimate of drug-likeness (QED) is 0.752. The van der Waals surface area contributed by atoms with Crippen molar-refractivity contribution in [2.45, 2.75) is 19.3 Å². The van der Waals surface area contributed by atoms with Crippen LogP contribution in [-0.4, -0.2) is 5.91 Å². The Kier molecular flexibility index (Phi) is 5.92. The smallest absolute Gasteiger partial charge is 0.224 e. The second kappa shape index (κ2) is 7.69. The van der Waals surface area contributed by atoms with Gasteiger partial charge in [0.1, 0.15) is 0 Å². The SMILES string of the molecule is O=C(CCCc1ccc(Cl)cc1)Nc1c(Cl)cccc1Cl. The Bertz CT molecular complexity index is 606. The van der Waals surface area contributed by atoms with Crippen molar-refractivity contribution in [2.24, 2.45) is 0 Å². The molecular weight excluding hydrogens is 329 g/mol. The van der Waals surface area contributed by atoms with E-state index in [2.05, 4.69) is 5.32 Å². The van der Waals surface area contributed by atoms with Gasteiger partial charge in [0.05, 0.1) is 15.7 Å². The summed E-state index contributed by atoms with van der Waals surface area (Å²) in [4.78, 5) is 11.9. The molecule has 1 N–H and O–H groups in total. The second-order valence-corrected chi connectivity index (χ2v) is 5.88. The molecular formula is C16H14Cl3NO. The van der Waals surface area contributed by atoms with Crippen LogP contribution in [0.3, 0.4) is 0 Å². The molecule has 21 heavy (non-hydrogen) atoms. The van der Waals surface area contributed by atoms with E-state index >= 15 is 0 Å². The lowest BCUT2D eigenvalue weighted by Gasteiger charge is -2.09. The number of para-hydroxylation sites is 1. The lowest BCUT2D eigenvalue weighted by molar-refractivity contribution is -0.116. The lowest BCUT2D eigenvalue weighted by Crippen LogP contribution is -2.12. The Balaban J connectivity index is 1.84. The van der Waals surface area contributed by atoms with E-state index in [-0.39, 0.29) is 5.91 Å². The number of amides is 1. The fourth-order valence-electron chi connectivity index (χ4n) is 1.92. The highest BCUT2D eigenvalue weighted by Gasteiger charge is 2.09. The highest BCUT2D eigenvalue weighted by molar-refractivity contribution is 6.39. The number of halogens is 3. The van der Waals surface area contributed by atoms with Crippen molar-refractivity contribution in [3.63, 3.8) is 0 Å². The molecule has 0 atom stereocenters. The number of aryl methyl sites for hydroxylation is 1. The maximum atomic E-state index is 11.9. The Morgan fingerprint density at radius 1 is 0.952 bits per heavy atom. The number of hydrogen-bond acceptors (Lipinski definition) is 1. The maximum Gasteiger partial charge on any atom is 0.224 e. The molecule has 2 nitrogen and oxygen atoms in total. The Morgan fingerprint density at radius 3 is 2.19 bits per heavy atom. The number of rotatable bonds is 5. The summed E-state index contributed by atoms with van der Waals surface area (Å²) in [6, 6.07) is 12.7. The molecule has 0 aliphatic rings. The minimum Gasteiger partial charge on any atom is -0.324 e. The van der Waals surface area contributed by atoms with E-state index in [1.807, 2.05) is 24.3 Å². The summed E-state index contributed by atoms with van der Waals surface area (Å²) in [6.07, 6.45) is 1.97. The van der Waals surface area contributed by atoms with Gasteiger partial charge in [0.25, 0.3) is 0 Å². The van der Waals surface area contributed by atoms with E-state index in [0.717, 1.165) is 18.4 Å². The van der Waals surface area contributed by atoms with Crippen LogP contribution in [0.4, 0.5) is 5.69 Å². The third-order valence-electron chi connectivity index (χ3n) is 3.01. The summed E-state index contributed by atoms with van der Waals surface area (Å²) in [6.45, 7) is 0. The lowest BCUT2D eigenvalue weighted by atomic mass is 10.1. The molecule has 0 aliphatic carbocycles. The molecule has 0 spiro atoms. The third-order valence-corrected chi connectivity index (χ3v) is 3.89. The molecule has 0 aromatic heterocycles. The van der Waals surface area contributed by atoms with Crippen molar-refractivity contribution in [3.05, 3.63) is 63.1 Å². The molecule has 0 radical (unpaired) electrons. The molecule has 1 amide bonds. The highest BCUT2D eigenvalue weighted by Crippen LogP contribution is 2.29. The molecule has 0 fully saturated rings. The molecule has 0 heterocycles. The molecule has 2 aromatic carbocycles. The molecule has 2 rings (SSSR count). The number of benzene rings is 2. The highest BCUT2D eigenvalue weighted by atomic mass is 35.5. The predicted molar refractivity (Wildman–Crippen MR) is 89.5 cm³/mol. The van der Waals surface area contributed by atoms with Crippen LogP contribution in [0.2, 0.25) is 15.1 Å². The van der Waals surface area contributed by atoms with Crippen molar-refractivity contribution < 1.29 is 4.79 Å². The van der Waals surface area contributed by atoms with Gasteiger partial charge in [0.2, 0.25) is 5.91 Å². The molecule has 0 aliphatic heterocycles. The molecule has 5 heteroatoms. The van der Waals surface area contributed by atoms with Crippen LogP contribution in [0.15, 0.2) is 42.5 Å². The van der Waals surface area contributed by atoms with Gasteiger partial charge in [0.15, 0.2) is 0 Å². The van der Waals surface area contributed by atoms with Crippen LogP contribution in [-0.2, 0) is 11.2 Å². The first-order chi connectivity index (χ1) is 10.1. The average molecular weight is 343 g/mol. The van der Waals surface area contributed by atoms with Crippen LogP contribution >= 0.6 is 34.8 Å². The normalized spacial score (nSPS) is 10.4. The van der Waals surface area contributed by atoms with E-state index in [1.165, 1.54) is 0 Å². The van der Waals surface area contributed by atoms with Gasteiger partial charge in [-0.1, -0.05) is 53.0 Å². The summed E-state index contributed by atoms with van der Waals surface area (Å²) in [5.74, 6) is -0.0982. The standard InChI is InChI=1S/C16H14Cl3NO/c17-12-9-7-11(8-10-12)3-1-6-15(21)20-16-13(18)4-2-5-14(16)19/h2,4-5,7-10H,1,3,6H2,(H,20,21). The van der Waals surface area contributed by atoms with Gasteiger partial charge in [-0.2, -0.15) is 0 Å². The zero-order chi connectivity index (χ0) is 15.2. The van der Waals surface area contributed by atoms with Gasteiger partial charge in [-0.25, -0.2) is 0 Å². The molecule has 0 saturated heterocycles. The maximum absolute atomic E-state index is 11.9. The number of carbonyl (C=O) groups excluding carboxylic acids is 1. The summed E-state index contributed by atoms with van der Waals surface area (Å²) in [5.41, 5.74) is 1.63. The van der Waals surface area contributed by atoms with E-state index in [0.29, 0.717) is 27.2 Å². The Morgan fingerprint density at radius 2 is 1.57 bits per heavy atom. The summed E-state index contributed by atoms with van der Waals surface area (Å²) in [5, 5.41) is 4.34. The number of hydrogen-bond donors (Lipinski definition) is 1. The summed E-state index contributed by atoms with van der Waals surface area (Å²) < 4.78 is 0. The first-order valence-corrected chi connectivity index (χ1v) is 7.68. The zero-order valence-corrected chi connectivity index (χ0v) is 13.5. The number of carbonyl (C=O) groups is 1. The first kappa shape index (κ1) is 16.2. The zero-order valence-electron chi connectivity index (χ0n) is 11.2. The molecule has 2 aromatic rings. The average Bonchev–Trinajstić information content (AvgIpc) is 2.45. The predicted octanol–water partition coefficient (Wildman–Crippen LogP) is 5.61. The van der Waals surface area contributed by atoms with E-state index in [9.17, 15) is 4.79 Å². The van der Waals surface area contributed by atoms with Gasteiger partial charge in [-0.05, 0) is 42.7 Å². The van der Waals surface area contributed by atoms with Gasteiger partial charge in [0, 0.05) is 11.4 Å². The minimum atomic E-state index is -0.0982. The van der Waals surface area contributed by atoms with Gasteiger partial charge < -0.3 is 5.32 Å². The Hall–Kier alpha value is -1.22. The summed E-state index contributed by atoms with van der Waals surface area (Å²) >= 11 is 17.8. The van der Waals surface area contributed by atoms with Gasteiger partial charge in [-0.3, -0.25) is 4.79 Å². The van der Waals surface area contributed by atoms with E-state index < -0.39 is 0 Å². The van der Waals surface area contributed by atoms with Crippen LogP contribution < -0.4 is 5.32 Å². The number of anilines is 1. The van der Waals surface area contributed by atoms with Gasteiger partial charge in [-0.15, -0.1) is 0 Å².